The van der Waals surface area contributed by atoms with Gasteiger partial charge in [0.25, 0.3) is 5.91 Å². The van der Waals surface area contributed by atoms with Crippen LogP contribution in [0, 0.1) is 11.6 Å². The molecule has 2 aromatic rings. The molecule has 10 heteroatoms. The summed E-state index contributed by atoms with van der Waals surface area (Å²) in [5, 5.41) is 2.82. The molecule has 1 atom stereocenters. The van der Waals surface area contributed by atoms with Crippen LogP contribution in [0.2, 0.25) is 0 Å². The van der Waals surface area contributed by atoms with Gasteiger partial charge < -0.3 is 15.0 Å². The summed E-state index contributed by atoms with van der Waals surface area (Å²) in [7, 11) is 0. The third-order valence-corrected chi connectivity index (χ3v) is 6.78. The lowest BCUT2D eigenvalue weighted by Crippen LogP contribution is -2.51. The summed E-state index contributed by atoms with van der Waals surface area (Å²) in [6.07, 6.45) is 2.17. The van der Waals surface area contributed by atoms with Gasteiger partial charge in [0.05, 0.1) is 23.8 Å². The van der Waals surface area contributed by atoms with Crippen molar-refractivity contribution in [2.24, 2.45) is 0 Å². The zero-order valence-corrected chi connectivity index (χ0v) is 21.9. The van der Waals surface area contributed by atoms with E-state index in [0.717, 1.165) is 0 Å². The van der Waals surface area contributed by atoms with Gasteiger partial charge in [0, 0.05) is 45.0 Å². The Labute approximate surface area is 226 Å². The summed E-state index contributed by atoms with van der Waals surface area (Å²) in [6.45, 7) is 7.72. The molecule has 0 radical (unpaired) electrons. The largest absolute Gasteiger partial charge is 0.463 e. The molecule has 0 spiro atoms. The van der Waals surface area contributed by atoms with Gasteiger partial charge in [0.15, 0.2) is 0 Å². The minimum absolute atomic E-state index is 0.0253. The summed E-state index contributed by atoms with van der Waals surface area (Å²) < 4.78 is 33.7. The van der Waals surface area contributed by atoms with Crippen LogP contribution < -0.4 is 5.32 Å². The SMILES string of the molecule is C=CCN1C(=O)NC(c2cccc(F)c2)C(C(=O)OCC)=C1CN1CCCN(C(=O)c2ccccc2F)CC1. The number of carbonyl (C=O) groups is 3. The fourth-order valence-electron chi connectivity index (χ4n) is 4.93. The number of benzene rings is 2. The molecule has 0 aliphatic carbocycles. The number of urea groups is 1. The number of nitrogens with zero attached hydrogens (tertiary/aromatic N) is 3. The van der Waals surface area contributed by atoms with Crippen molar-refractivity contribution in [2.45, 2.75) is 19.4 Å². The van der Waals surface area contributed by atoms with Gasteiger partial charge >= 0.3 is 12.0 Å². The molecule has 4 rings (SSSR count). The molecule has 8 nitrogen and oxygen atoms in total. The quantitative estimate of drug-likeness (QED) is 0.408. The minimum Gasteiger partial charge on any atom is -0.463 e. The molecule has 206 valence electrons. The molecule has 1 fully saturated rings. The maximum absolute atomic E-state index is 14.2. The van der Waals surface area contributed by atoms with Crippen LogP contribution in [-0.4, -0.2) is 78.5 Å². The summed E-state index contributed by atoms with van der Waals surface area (Å²) in [5.74, 6) is -2.04. The molecular formula is C29H32F2N4O4. The standard InChI is InChI=1S/C29H32F2N4O4/c1-3-13-35-24(19-33-14-8-15-34(17-16-33)27(36)22-11-5-6-12-23(22)31)25(28(37)39-4-2)26(32-29(35)38)20-9-7-10-21(30)18-20/h3,5-7,9-12,18,26H,1,4,8,13-17,19H2,2H3,(H,32,38). The Morgan fingerprint density at radius 2 is 1.90 bits per heavy atom. The first kappa shape index (κ1) is 28.0. The lowest BCUT2D eigenvalue weighted by Gasteiger charge is -2.38. The summed E-state index contributed by atoms with van der Waals surface area (Å²) >= 11 is 0. The maximum atomic E-state index is 14.2. The monoisotopic (exact) mass is 538 g/mol. The van der Waals surface area contributed by atoms with Crippen molar-refractivity contribution in [1.82, 2.24) is 20.0 Å². The lowest BCUT2D eigenvalue weighted by molar-refractivity contribution is -0.139. The first-order valence-electron chi connectivity index (χ1n) is 12.9. The van der Waals surface area contributed by atoms with E-state index >= 15 is 0 Å². The fourth-order valence-corrected chi connectivity index (χ4v) is 4.93. The normalized spacial score (nSPS) is 18.4. The van der Waals surface area contributed by atoms with E-state index < -0.39 is 29.7 Å². The van der Waals surface area contributed by atoms with Crippen molar-refractivity contribution in [1.29, 1.82) is 0 Å². The highest BCUT2D eigenvalue weighted by Gasteiger charge is 2.38. The molecule has 0 aromatic heterocycles. The Balaban J connectivity index is 1.65. The molecule has 3 amide bonds. The van der Waals surface area contributed by atoms with Crippen LogP contribution in [0.5, 0.6) is 0 Å². The average Bonchev–Trinajstić information content (AvgIpc) is 3.16. The van der Waals surface area contributed by atoms with Gasteiger partial charge in [-0.15, -0.1) is 6.58 Å². The predicted molar refractivity (Wildman–Crippen MR) is 142 cm³/mol. The third kappa shape index (κ3) is 6.34. The second-order valence-electron chi connectivity index (χ2n) is 9.32. The van der Waals surface area contributed by atoms with Crippen LogP contribution >= 0.6 is 0 Å². The van der Waals surface area contributed by atoms with Crippen LogP contribution in [0.4, 0.5) is 13.6 Å². The zero-order chi connectivity index (χ0) is 27.9. The van der Waals surface area contributed by atoms with E-state index in [-0.39, 0.29) is 36.7 Å². The Morgan fingerprint density at radius 3 is 2.62 bits per heavy atom. The molecule has 39 heavy (non-hydrogen) atoms. The summed E-state index contributed by atoms with van der Waals surface area (Å²) in [6, 6.07) is 10.3. The van der Waals surface area contributed by atoms with Gasteiger partial charge in [-0.25, -0.2) is 18.4 Å². The van der Waals surface area contributed by atoms with E-state index in [2.05, 4.69) is 11.9 Å². The van der Waals surface area contributed by atoms with Crippen molar-refractivity contribution in [3.63, 3.8) is 0 Å². The number of carbonyl (C=O) groups excluding carboxylic acids is 3. The van der Waals surface area contributed by atoms with E-state index in [1.54, 1.807) is 30.0 Å². The molecule has 0 bridgehead atoms. The highest BCUT2D eigenvalue weighted by molar-refractivity contribution is 5.95. The number of nitrogens with one attached hydrogen (secondary N) is 1. The molecule has 2 aromatic carbocycles. The third-order valence-electron chi connectivity index (χ3n) is 6.78. The van der Waals surface area contributed by atoms with Crippen LogP contribution in [0.15, 0.2) is 72.5 Å². The van der Waals surface area contributed by atoms with E-state index in [9.17, 15) is 23.2 Å². The number of amides is 3. The number of hydrogen-bond acceptors (Lipinski definition) is 5. The minimum atomic E-state index is -0.908. The maximum Gasteiger partial charge on any atom is 0.338 e. The molecule has 1 unspecified atom stereocenters. The van der Waals surface area contributed by atoms with Gasteiger partial charge in [0.2, 0.25) is 0 Å². The molecule has 1 N–H and O–H groups in total. The van der Waals surface area contributed by atoms with E-state index in [0.29, 0.717) is 43.9 Å². The molecule has 2 heterocycles. The predicted octanol–water partition coefficient (Wildman–Crippen LogP) is 3.88. The summed E-state index contributed by atoms with van der Waals surface area (Å²) in [4.78, 5) is 44.6. The van der Waals surface area contributed by atoms with Crippen molar-refractivity contribution in [3.05, 3.63) is 95.2 Å². The highest BCUT2D eigenvalue weighted by Crippen LogP contribution is 2.32. The zero-order valence-electron chi connectivity index (χ0n) is 21.9. The number of rotatable bonds is 8. The Morgan fingerprint density at radius 1 is 1.10 bits per heavy atom. The van der Waals surface area contributed by atoms with Crippen molar-refractivity contribution in [2.75, 3.05) is 45.9 Å². The van der Waals surface area contributed by atoms with Gasteiger partial charge in [-0.3, -0.25) is 14.6 Å². The van der Waals surface area contributed by atoms with Gasteiger partial charge in [0.1, 0.15) is 11.6 Å². The Bertz CT molecular complexity index is 1280. The molecule has 2 aliphatic rings. The Hall–Kier alpha value is -4.05. The molecule has 0 saturated carbocycles. The van der Waals surface area contributed by atoms with Crippen LogP contribution in [0.3, 0.4) is 0 Å². The first-order chi connectivity index (χ1) is 18.8. The molecule has 1 saturated heterocycles. The van der Waals surface area contributed by atoms with E-state index in [1.165, 1.54) is 41.3 Å². The first-order valence-corrected chi connectivity index (χ1v) is 12.9. The van der Waals surface area contributed by atoms with Gasteiger partial charge in [-0.05, 0) is 43.2 Å². The van der Waals surface area contributed by atoms with E-state index in [1.807, 2.05) is 4.90 Å². The molecule has 2 aliphatic heterocycles. The molecular weight excluding hydrogens is 506 g/mol. The average molecular weight is 539 g/mol. The smallest absolute Gasteiger partial charge is 0.338 e. The highest BCUT2D eigenvalue weighted by atomic mass is 19.1. The van der Waals surface area contributed by atoms with Crippen LogP contribution in [0.25, 0.3) is 0 Å². The van der Waals surface area contributed by atoms with Crippen LogP contribution in [0.1, 0.15) is 35.3 Å². The number of esters is 1. The Kier molecular flexibility index (Phi) is 9.08. The van der Waals surface area contributed by atoms with Crippen molar-refractivity contribution in [3.8, 4) is 0 Å². The lowest BCUT2D eigenvalue weighted by atomic mass is 9.94. The second kappa shape index (κ2) is 12.7. The van der Waals surface area contributed by atoms with Gasteiger partial charge in [-0.1, -0.05) is 30.3 Å². The van der Waals surface area contributed by atoms with E-state index in [4.69, 9.17) is 4.74 Å². The van der Waals surface area contributed by atoms with Crippen molar-refractivity contribution < 1.29 is 27.9 Å². The summed E-state index contributed by atoms with van der Waals surface area (Å²) in [5.41, 5.74) is 1.09. The fraction of sp³-hybridized carbons (Fsp3) is 0.345. The van der Waals surface area contributed by atoms with Crippen LogP contribution in [-0.2, 0) is 9.53 Å². The second-order valence-corrected chi connectivity index (χ2v) is 9.32. The topological polar surface area (TPSA) is 82.2 Å². The van der Waals surface area contributed by atoms with Crippen molar-refractivity contribution >= 4 is 17.9 Å². The number of halogens is 2. The van der Waals surface area contributed by atoms with Gasteiger partial charge in [-0.2, -0.15) is 0 Å². The number of hydrogen-bond donors (Lipinski definition) is 1. The number of ether oxygens (including phenoxy) is 1.